The second kappa shape index (κ2) is 7.95. The van der Waals surface area contributed by atoms with Gasteiger partial charge in [-0.25, -0.2) is 15.0 Å². The Balaban J connectivity index is 0.000000177. The van der Waals surface area contributed by atoms with Gasteiger partial charge in [0.1, 0.15) is 36.8 Å². The first-order valence-corrected chi connectivity index (χ1v) is 9.07. The molecule has 3 aromatic heterocycles. The van der Waals surface area contributed by atoms with Crippen molar-refractivity contribution in [3.63, 3.8) is 0 Å². The Morgan fingerprint density at radius 1 is 1.25 bits per heavy atom. The van der Waals surface area contributed by atoms with Crippen molar-refractivity contribution in [2.45, 2.75) is 31.1 Å². The van der Waals surface area contributed by atoms with Crippen molar-refractivity contribution in [2.75, 3.05) is 12.3 Å². The average molecular weight is 411 g/mol. The molecular weight excluding hydrogens is 393 g/mol. The van der Waals surface area contributed by atoms with Crippen LogP contribution in [0.5, 0.6) is 5.75 Å². The van der Waals surface area contributed by atoms with E-state index in [1.807, 2.05) is 0 Å². The molecule has 5 N–H and O–H groups in total. The van der Waals surface area contributed by atoms with E-state index in [9.17, 15) is 10.2 Å². The van der Waals surface area contributed by atoms with E-state index in [1.165, 1.54) is 17.2 Å². The molecule has 0 bridgehead atoms. The van der Waals surface area contributed by atoms with Gasteiger partial charge in [0.2, 0.25) is 9.03 Å². The fraction of sp³-hybridized carbons (Fsp3) is 0.400. The van der Waals surface area contributed by atoms with Crippen LogP contribution in [0.1, 0.15) is 12.0 Å². The van der Waals surface area contributed by atoms with Gasteiger partial charge in [0.05, 0.1) is 19.2 Å². The van der Waals surface area contributed by atoms with Gasteiger partial charge in [-0.2, -0.15) is 0 Å². The van der Waals surface area contributed by atoms with Gasteiger partial charge in [-0.05, 0) is 0 Å². The van der Waals surface area contributed by atoms with Crippen LogP contribution in [0.2, 0.25) is 0 Å². The van der Waals surface area contributed by atoms with Crippen LogP contribution in [-0.2, 0) is 15.9 Å². The number of hydrogen-bond acceptors (Lipinski definition) is 11. The molecule has 1 fully saturated rings. The van der Waals surface area contributed by atoms with Crippen molar-refractivity contribution in [1.29, 1.82) is 0 Å². The molecule has 12 nitrogen and oxygen atoms in total. The van der Waals surface area contributed by atoms with Gasteiger partial charge in [-0.3, -0.25) is 4.57 Å². The zero-order valence-electron chi connectivity index (χ0n) is 14.4. The second-order valence-electron chi connectivity index (χ2n) is 5.99. The Kier molecular flexibility index (Phi) is 5.40. The molecule has 1 unspecified atom stereocenters. The second-order valence-corrected chi connectivity index (χ2v) is 6.65. The standard InChI is InChI=1S/C10H13N5O4.C5H5O3P/c11-8-5-9(13-2-12-8)15(3-14-5)10-7(18)6(17)4(1-16)19-10;1-2-6-5-3-7-9-8-4(1)5/h2-4,6-7,10,16-18H,1H2,(H2,11,12,13);1-2,9H,3H2/t4-,6-,7-,10-;/m1./s1. The minimum absolute atomic E-state index is 0.126. The van der Waals surface area contributed by atoms with Crippen molar-refractivity contribution in [2.24, 2.45) is 0 Å². The smallest absolute Gasteiger partial charge is 0.215 e. The summed E-state index contributed by atoms with van der Waals surface area (Å²) in [6, 6.07) is 1.80. The van der Waals surface area contributed by atoms with E-state index in [0.717, 1.165) is 11.5 Å². The lowest BCUT2D eigenvalue weighted by Crippen LogP contribution is -2.33. The summed E-state index contributed by atoms with van der Waals surface area (Å²) in [5.41, 5.74) is 6.44. The third-order valence-electron chi connectivity index (χ3n) is 4.30. The van der Waals surface area contributed by atoms with Crippen LogP contribution >= 0.6 is 9.03 Å². The van der Waals surface area contributed by atoms with Crippen LogP contribution in [0.3, 0.4) is 0 Å². The van der Waals surface area contributed by atoms with E-state index in [1.54, 1.807) is 12.3 Å². The number of fused-ring (bicyclic) bond motifs is 2. The Morgan fingerprint density at radius 2 is 2.11 bits per heavy atom. The van der Waals surface area contributed by atoms with Crippen molar-refractivity contribution >= 4 is 26.0 Å². The highest BCUT2D eigenvalue weighted by Crippen LogP contribution is 2.33. The third-order valence-corrected chi connectivity index (χ3v) is 4.86. The fourth-order valence-electron chi connectivity index (χ4n) is 2.86. The Bertz CT molecular complexity index is 929. The van der Waals surface area contributed by atoms with Crippen LogP contribution in [0.4, 0.5) is 5.82 Å². The Labute approximate surface area is 159 Å². The van der Waals surface area contributed by atoms with Gasteiger partial charge in [-0.15, -0.1) is 0 Å². The Hall–Kier alpha value is -2.34. The number of nitrogens with two attached hydrogens (primary N) is 1. The summed E-state index contributed by atoms with van der Waals surface area (Å²) >= 11 is 0. The first-order chi connectivity index (χ1) is 13.6. The minimum atomic E-state index is -1.19. The maximum absolute atomic E-state index is 9.95. The number of ether oxygens (including phenoxy) is 1. The quantitative estimate of drug-likeness (QED) is 0.409. The number of aliphatic hydroxyl groups is 3. The highest BCUT2D eigenvalue weighted by Gasteiger charge is 2.43. The number of aromatic nitrogens is 4. The molecule has 150 valence electrons. The molecule has 0 radical (unpaired) electrons. The molecule has 0 saturated carbocycles. The number of hydrogen-bond donors (Lipinski definition) is 4. The van der Waals surface area contributed by atoms with Crippen LogP contribution in [0.15, 0.2) is 29.4 Å². The summed E-state index contributed by atoms with van der Waals surface area (Å²) in [5, 5.41) is 28.7. The normalized spacial score (nSPS) is 27.2. The summed E-state index contributed by atoms with van der Waals surface area (Å²) in [5.74, 6) is 1.82. The summed E-state index contributed by atoms with van der Waals surface area (Å²) < 4.78 is 21.9. The maximum atomic E-state index is 9.95. The number of imidazole rings is 1. The van der Waals surface area contributed by atoms with E-state index in [2.05, 4.69) is 15.0 Å². The summed E-state index contributed by atoms with van der Waals surface area (Å²) in [4.78, 5) is 11.9. The van der Waals surface area contributed by atoms with Crippen LogP contribution in [0, 0.1) is 0 Å². The molecular formula is C15H18N5O7P. The molecule has 2 aliphatic rings. The number of nitrogen functional groups attached to an aromatic ring is 1. The van der Waals surface area contributed by atoms with Gasteiger partial charge in [0.25, 0.3) is 0 Å². The molecule has 5 heterocycles. The Morgan fingerprint density at radius 3 is 2.86 bits per heavy atom. The van der Waals surface area contributed by atoms with Crippen molar-refractivity contribution < 1.29 is 33.5 Å². The first-order valence-electron chi connectivity index (χ1n) is 8.25. The zero-order valence-corrected chi connectivity index (χ0v) is 15.4. The maximum Gasteiger partial charge on any atom is 0.215 e. The van der Waals surface area contributed by atoms with E-state index < -0.39 is 31.1 Å². The van der Waals surface area contributed by atoms with Gasteiger partial charge < -0.3 is 39.3 Å². The molecule has 1 saturated heterocycles. The van der Waals surface area contributed by atoms with Gasteiger partial charge in [-0.1, -0.05) is 0 Å². The molecule has 3 aromatic rings. The molecule has 2 aliphatic heterocycles. The lowest BCUT2D eigenvalue weighted by Gasteiger charge is -2.16. The number of anilines is 1. The van der Waals surface area contributed by atoms with Crippen LogP contribution in [0.25, 0.3) is 11.2 Å². The van der Waals surface area contributed by atoms with Gasteiger partial charge >= 0.3 is 0 Å². The largest absolute Gasteiger partial charge is 0.463 e. The molecule has 0 amide bonds. The number of nitrogens with zero attached hydrogens (tertiary/aromatic N) is 4. The van der Waals surface area contributed by atoms with Crippen molar-refractivity contribution in [3.05, 3.63) is 30.7 Å². The first kappa shape index (κ1) is 19.0. The van der Waals surface area contributed by atoms with Crippen molar-refractivity contribution in [3.8, 4) is 5.75 Å². The highest BCUT2D eigenvalue weighted by molar-refractivity contribution is 7.26. The van der Waals surface area contributed by atoms with E-state index >= 15 is 0 Å². The summed E-state index contributed by atoms with van der Waals surface area (Å²) in [6.07, 6.45) is 0.178. The number of furan rings is 1. The molecule has 0 spiro atoms. The number of aliphatic hydroxyl groups excluding tert-OH is 3. The van der Waals surface area contributed by atoms with E-state index in [-0.39, 0.29) is 14.9 Å². The predicted octanol–water partition coefficient (Wildman–Crippen LogP) is -0.283. The minimum Gasteiger partial charge on any atom is -0.463 e. The average Bonchev–Trinajstić information content (AvgIpc) is 3.42. The van der Waals surface area contributed by atoms with E-state index in [4.69, 9.17) is 29.0 Å². The lowest BCUT2D eigenvalue weighted by atomic mass is 10.1. The van der Waals surface area contributed by atoms with E-state index in [0.29, 0.717) is 17.8 Å². The zero-order chi connectivity index (χ0) is 19.7. The van der Waals surface area contributed by atoms with Crippen LogP contribution in [-0.4, -0.2) is 59.8 Å². The fourth-order valence-corrected chi connectivity index (χ4v) is 3.38. The summed E-state index contributed by atoms with van der Waals surface area (Å²) in [7, 11) is 0.126. The predicted molar refractivity (Wildman–Crippen MR) is 95.2 cm³/mol. The molecule has 0 aromatic carbocycles. The van der Waals surface area contributed by atoms with Gasteiger partial charge in [0.15, 0.2) is 29.2 Å². The molecule has 5 rings (SSSR count). The van der Waals surface area contributed by atoms with Gasteiger partial charge in [0, 0.05) is 6.07 Å². The van der Waals surface area contributed by atoms with Crippen LogP contribution < -0.4 is 10.3 Å². The molecule has 28 heavy (non-hydrogen) atoms. The molecule has 13 heteroatoms. The van der Waals surface area contributed by atoms with Crippen molar-refractivity contribution in [1.82, 2.24) is 19.5 Å². The molecule has 0 aliphatic carbocycles. The SMILES string of the molecule is Nc1ncnc2c1ncn2[C@@H]1O[C@H](CO)[C@@H](O)[C@H]1O.c1cc2c(o1)COPO2. The lowest BCUT2D eigenvalue weighted by molar-refractivity contribution is -0.0511. The third kappa shape index (κ3) is 3.41. The highest BCUT2D eigenvalue weighted by atomic mass is 31.1. The molecule has 5 atom stereocenters. The summed E-state index contributed by atoms with van der Waals surface area (Å²) in [6.45, 7) is 0.152. The topological polar surface area (TPSA) is 171 Å². The number of rotatable bonds is 2. The monoisotopic (exact) mass is 411 g/mol.